The van der Waals surface area contributed by atoms with Crippen LogP contribution in [-0.4, -0.2) is 44.4 Å². The van der Waals surface area contributed by atoms with Crippen molar-refractivity contribution in [2.75, 3.05) is 32.5 Å². The van der Waals surface area contributed by atoms with Gasteiger partial charge in [0.15, 0.2) is 0 Å². The van der Waals surface area contributed by atoms with E-state index in [1.54, 1.807) is 19.9 Å². The molecule has 0 unspecified atom stereocenters. The van der Waals surface area contributed by atoms with Gasteiger partial charge in [-0.2, -0.15) is 0 Å². The molecule has 0 saturated carbocycles. The van der Waals surface area contributed by atoms with Gasteiger partial charge in [-0.05, 0) is 19.4 Å². The van der Waals surface area contributed by atoms with Crippen molar-refractivity contribution in [2.45, 2.75) is 13.8 Å². The Labute approximate surface area is 143 Å². The zero-order chi connectivity index (χ0) is 18.7. The van der Waals surface area contributed by atoms with E-state index < -0.39 is 16.9 Å². The Morgan fingerprint density at radius 2 is 1.84 bits per heavy atom. The van der Waals surface area contributed by atoms with E-state index in [2.05, 4.69) is 0 Å². The third kappa shape index (κ3) is 3.31. The lowest BCUT2D eigenvalue weighted by Gasteiger charge is -2.33. The Morgan fingerprint density at radius 3 is 2.40 bits per heavy atom. The van der Waals surface area contributed by atoms with Gasteiger partial charge in [-0.3, -0.25) is 10.1 Å². The Balaban J connectivity index is 2.72. The number of rotatable bonds is 4. The number of nitro groups is 1. The molecule has 1 heterocycles. The summed E-state index contributed by atoms with van der Waals surface area (Å²) in [7, 11) is 2.37. The molecule has 0 atom stereocenters. The second-order valence-electron chi connectivity index (χ2n) is 5.35. The van der Waals surface area contributed by atoms with Crippen molar-refractivity contribution < 1.29 is 28.7 Å². The monoisotopic (exact) mass is 350 g/mol. The second kappa shape index (κ2) is 7.31. The quantitative estimate of drug-likeness (QED) is 0.458. The maximum absolute atomic E-state index is 12.3. The van der Waals surface area contributed by atoms with Crippen LogP contribution in [0.25, 0.3) is 0 Å². The molecule has 25 heavy (non-hydrogen) atoms. The number of nitrogens with zero attached hydrogens (tertiary/aromatic N) is 2. The zero-order valence-electron chi connectivity index (χ0n) is 14.3. The summed E-state index contributed by atoms with van der Waals surface area (Å²) >= 11 is 0. The SMILES string of the molecule is COC(=O)C1=C(C(=O)OC)N(c2c(C)ccc([N+](=O)[O-])c2C)COC1. The van der Waals surface area contributed by atoms with Crippen molar-refractivity contribution in [3.63, 3.8) is 0 Å². The van der Waals surface area contributed by atoms with Gasteiger partial charge in [0, 0.05) is 6.07 Å². The second-order valence-corrected chi connectivity index (χ2v) is 5.35. The molecule has 0 amide bonds. The number of anilines is 1. The summed E-state index contributed by atoms with van der Waals surface area (Å²) in [6.07, 6.45) is 0. The molecule has 0 radical (unpaired) electrons. The zero-order valence-corrected chi connectivity index (χ0v) is 14.3. The van der Waals surface area contributed by atoms with E-state index in [4.69, 9.17) is 14.2 Å². The number of carbonyl (C=O) groups is 2. The topological polar surface area (TPSA) is 108 Å². The maximum Gasteiger partial charge on any atom is 0.355 e. The number of nitro benzene ring substituents is 1. The number of hydrogen-bond acceptors (Lipinski definition) is 8. The Morgan fingerprint density at radius 1 is 1.20 bits per heavy atom. The van der Waals surface area contributed by atoms with Crippen molar-refractivity contribution in [3.05, 3.63) is 44.6 Å². The van der Waals surface area contributed by atoms with Crippen LogP contribution < -0.4 is 4.90 Å². The summed E-state index contributed by atoms with van der Waals surface area (Å²) in [6, 6.07) is 2.96. The summed E-state index contributed by atoms with van der Waals surface area (Å²) in [4.78, 5) is 36.5. The highest BCUT2D eigenvalue weighted by molar-refractivity contribution is 6.03. The first-order valence-electron chi connectivity index (χ1n) is 7.33. The molecule has 1 aromatic rings. The van der Waals surface area contributed by atoms with E-state index in [0.29, 0.717) is 16.8 Å². The maximum atomic E-state index is 12.3. The van der Waals surface area contributed by atoms with Crippen LogP contribution >= 0.6 is 0 Å². The fourth-order valence-corrected chi connectivity index (χ4v) is 2.76. The molecular weight excluding hydrogens is 332 g/mol. The molecule has 0 N–H and O–H groups in total. The van der Waals surface area contributed by atoms with Gasteiger partial charge in [-0.25, -0.2) is 9.59 Å². The van der Waals surface area contributed by atoms with Gasteiger partial charge in [0.05, 0.1) is 42.6 Å². The van der Waals surface area contributed by atoms with E-state index in [9.17, 15) is 19.7 Å². The van der Waals surface area contributed by atoms with Gasteiger partial charge in [-0.1, -0.05) is 6.07 Å². The minimum Gasteiger partial charge on any atom is -0.466 e. The highest BCUT2D eigenvalue weighted by atomic mass is 16.6. The summed E-state index contributed by atoms with van der Waals surface area (Å²) in [6.45, 7) is 3.13. The molecule has 0 aromatic heterocycles. The first kappa shape index (κ1) is 18.4. The molecule has 1 aromatic carbocycles. The van der Waals surface area contributed by atoms with E-state index in [-0.39, 0.29) is 30.3 Å². The van der Waals surface area contributed by atoms with Gasteiger partial charge < -0.3 is 19.1 Å². The molecule has 9 nitrogen and oxygen atoms in total. The van der Waals surface area contributed by atoms with Crippen LogP contribution in [0.5, 0.6) is 0 Å². The molecule has 0 fully saturated rings. The van der Waals surface area contributed by atoms with Crippen LogP contribution in [0.3, 0.4) is 0 Å². The van der Waals surface area contributed by atoms with Crippen molar-refractivity contribution in [1.82, 2.24) is 0 Å². The van der Waals surface area contributed by atoms with Gasteiger partial charge >= 0.3 is 11.9 Å². The standard InChI is InChI=1S/C16H18N2O7/c1-9-5-6-12(18(21)22)10(2)13(9)17-8-25-7-11(15(19)23-3)14(17)16(20)24-4/h5-6H,7-8H2,1-4H3. The van der Waals surface area contributed by atoms with E-state index in [1.807, 2.05) is 0 Å². The van der Waals surface area contributed by atoms with E-state index in [1.165, 1.54) is 25.2 Å². The number of carbonyl (C=O) groups excluding carboxylic acids is 2. The summed E-state index contributed by atoms with van der Waals surface area (Å²) in [5.74, 6) is -1.49. The van der Waals surface area contributed by atoms with Gasteiger partial charge in [0.25, 0.3) is 5.69 Å². The third-order valence-electron chi connectivity index (χ3n) is 3.90. The number of methoxy groups -OCH3 is 2. The lowest BCUT2D eigenvalue weighted by Crippen LogP contribution is -2.39. The van der Waals surface area contributed by atoms with Crippen LogP contribution in [0.2, 0.25) is 0 Å². The predicted octanol–water partition coefficient (Wildman–Crippen LogP) is 1.61. The van der Waals surface area contributed by atoms with Gasteiger partial charge in [0.1, 0.15) is 12.4 Å². The molecule has 9 heteroatoms. The minimum atomic E-state index is -0.756. The Kier molecular flexibility index (Phi) is 5.38. The highest BCUT2D eigenvalue weighted by Gasteiger charge is 2.34. The fourth-order valence-electron chi connectivity index (χ4n) is 2.76. The van der Waals surface area contributed by atoms with E-state index in [0.717, 1.165) is 0 Å². The summed E-state index contributed by atoms with van der Waals surface area (Å²) in [5, 5.41) is 11.2. The summed E-state index contributed by atoms with van der Waals surface area (Å²) in [5.41, 5.74) is 1.28. The minimum absolute atomic E-state index is 0.00842. The molecule has 1 aliphatic rings. The molecular formula is C16H18N2O7. The van der Waals surface area contributed by atoms with Gasteiger partial charge in [-0.15, -0.1) is 0 Å². The van der Waals surface area contributed by atoms with Crippen LogP contribution in [-0.2, 0) is 23.8 Å². The number of aryl methyl sites for hydroxylation is 1. The molecule has 1 aliphatic heterocycles. The first-order chi connectivity index (χ1) is 11.8. The van der Waals surface area contributed by atoms with Crippen LogP contribution in [0.15, 0.2) is 23.4 Å². The van der Waals surface area contributed by atoms with Crippen molar-refractivity contribution in [3.8, 4) is 0 Å². The molecule has 134 valence electrons. The number of ether oxygens (including phenoxy) is 3. The lowest BCUT2D eigenvalue weighted by molar-refractivity contribution is -0.385. The Hall–Kier alpha value is -2.94. The lowest BCUT2D eigenvalue weighted by atomic mass is 10.0. The fraction of sp³-hybridized carbons (Fsp3) is 0.375. The smallest absolute Gasteiger partial charge is 0.355 e. The molecule has 0 saturated heterocycles. The Bertz CT molecular complexity index is 770. The van der Waals surface area contributed by atoms with Crippen LogP contribution in [0.1, 0.15) is 11.1 Å². The molecule has 0 aliphatic carbocycles. The third-order valence-corrected chi connectivity index (χ3v) is 3.90. The molecule has 0 spiro atoms. The number of esters is 2. The molecule has 2 rings (SSSR count). The first-order valence-corrected chi connectivity index (χ1v) is 7.33. The van der Waals surface area contributed by atoms with Crippen molar-refractivity contribution >= 4 is 23.3 Å². The van der Waals surface area contributed by atoms with Crippen molar-refractivity contribution in [2.24, 2.45) is 0 Å². The average molecular weight is 350 g/mol. The largest absolute Gasteiger partial charge is 0.466 e. The average Bonchev–Trinajstić information content (AvgIpc) is 2.59. The molecule has 0 bridgehead atoms. The normalized spacial score (nSPS) is 14.3. The predicted molar refractivity (Wildman–Crippen MR) is 86.9 cm³/mol. The highest BCUT2D eigenvalue weighted by Crippen LogP contribution is 2.36. The van der Waals surface area contributed by atoms with Crippen LogP contribution in [0.4, 0.5) is 11.4 Å². The summed E-state index contributed by atoms with van der Waals surface area (Å²) < 4.78 is 14.9. The van der Waals surface area contributed by atoms with E-state index >= 15 is 0 Å². The van der Waals surface area contributed by atoms with Crippen LogP contribution in [0, 0.1) is 24.0 Å². The van der Waals surface area contributed by atoms with Gasteiger partial charge in [0.2, 0.25) is 0 Å². The number of hydrogen-bond donors (Lipinski definition) is 0. The number of benzene rings is 1. The van der Waals surface area contributed by atoms with Crippen molar-refractivity contribution in [1.29, 1.82) is 0 Å².